The SMILES string of the molecule is Cc1ccc(NS(=O)(=O)c2ccc(NC(=O)c3cccc([N+](=O)[O-])c3)cc2)c(C)c1. The Kier molecular flexibility index (Phi) is 5.84. The molecule has 0 fully saturated rings. The highest BCUT2D eigenvalue weighted by molar-refractivity contribution is 7.92. The highest BCUT2D eigenvalue weighted by atomic mass is 32.2. The molecule has 0 heterocycles. The van der Waals surface area contributed by atoms with Gasteiger partial charge in [0.15, 0.2) is 0 Å². The Morgan fingerprint density at radius 3 is 2.30 bits per heavy atom. The Morgan fingerprint density at radius 1 is 0.967 bits per heavy atom. The van der Waals surface area contributed by atoms with E-state index in [0.29, 0.717) is 11.4 Å². The van der Waals surface area contributed by atoms with Gasteiger partial charge in [-0.1, -0.05) is 23.8 Å². The normalized spacial score (nSPS) is 11.0. The largest absolute Gasteiger partial charge is 0.322 e. The van der Waals surface area contributed by atoms with Crippen LogP contribution >= 0.6 is 0 Å². The number of nitrogens with one attached hydrogen (secondary N) is 2. The number of hydrogen-bond donors (Lipinski definition) is 2. The topological polar surface area (TPSA) is 118 Å². The molecule has 154 valence electrons. The molecule has 2 N–H and O–H groups in total. The van der Waals surface area contributed by atoms with E-state index in [9.17, 15) is 23.3 Å². The van der Waals surface area contributed by atoms with Crippen LogP contribution in [-0.2, 0) is 10.0 Å². The monoisotopic (exact) mass is 425 g/mol. The van der Waals surface area contributed by atoms with Crippen LogP contribution in [0.5, 0.6) is 0 Å². The van der Waals surface area contributed by atoms with Crippen LogP contribution in [0.25, 0.3) is 0 Å². The van der Waals surface area contributed by atoms with Crippen molar-refractivity contribution in [3.05, 3.63) is 93.5 Å². The standard InChI is InChI=1S/C21H19N3O5S/c1-14-6-11-20(15(2)12-14)23-30(28,29)19-9-7-17(8-10-19)22-21(25)16-4-3-5-18(13-16)24(26)27/h3-13,23H,1-2H3,(H,22,25). The zero-order valence-corrected chi connectivity index (χ0v) is 17.1. The molecule has 0 spiro atoms. The molecule has 0 radical (unpaired) electrons. The number of nitro benzene ring substituents is 1. The quantitative estimate of drug-likeness (QED) is 0.452. The van der Waals surface area contributed by atoms with E-state index in [1.54, 1.807) is 6.07 Å². The van der Waals surface area contributed by atoms with Crippen molar-refractivity contribution in [3.63, 3.8) is 0 Å². The van der Waals surface area contributed by atoms with Crippen molar-refractivity contribution >= 4 is 33.0 Å². The van der Waals surface area contributed by atoms with Crippen LogP contribution in [0.1, 0.15) is 21.5 Å². The van der Waals surface area contributed by atoms with Gasteiger partial charge in [0, 0.05) is 23.4 Å². The van der Waals surface area contributed by atoms with Crippen molar-refractivity contribution in [2.45, 2.75) is 18.7 Å². The summed E-state index contributed by atoms with van der Waals surface area (Å²) in [4.78, 5) is 22.6. The van der Waals surface area contributed by atoms with Gasteiger partial charge in [0.2, 0.25) is 0 Å². The number of non-ortho nitro benzene ring substituents is 1. The number of sulfonamides is 1. The third-order valence-electron chi connectivity index (χ3n) is 4.37. The average Bonchev–Trinajstić information content (AvgIpc) is 2.70. The number of amides is 1. The minimum Gasteiger partial charge on any atom is -0.322 e. The van der Waals surface area contributed by atoms with Crippen molar-refractivity contribution in [2.75, 3.05) is 10.0 Å². The lowest BCUT2D eigenvalue weighted by Crippen LogP contribution is -2.15. The summed E-state index contributed by atoms with van der Waals surface area (Å²) in [6.07, 6.45) is 0. The molecule has 8 nitrogen and oxygen atoms in total. The number of benzene rings is 3. The van der Waals surface area contributed by atoms with Gasteiger partial charge in [0.05, 0.1) is 15.5 Å². The molecule has 3 aromatic rings. The molecule has 0 bridgehead atoms. The van der Waals surface area contributed by atoms with Gasteiger partial charge in [-0.3, -0.25) is 19.6 Å². The molecule has 9 heteroatoms. The van der Waals surface area contributed by atoms with E-state index in [1.165, 1.54) is 48.5 Å². The van der Waals surface area contributed by atoms with Gasteiger partial charge in [-0.25, -0.2) is 8.42 Å². The molecule has 0 unspecified atom stereocenters. The summed E-state index contributed by atoms with van der Waals surface area (Å²) in [5.41, 5.74) is 2.61. The molecule has 3 aromatic carbocycles. The van der Waals surface area contributed by atoms with Gasteiger partial charge in [0.25, 0.3) is 21.6 Å². The van der Waals surface area contributed by atoms with Crippen molar-refractivity contribution in [1.29, 1.82) is 0 Å². The van der Waals surface area contributed by atoms with E-state index < -0.39 is 20.9 Å². The first-order chi connectivity index (χ1) is 14.2. The van der Waals surface area contributed by atoms with Crippen LogP contribution in [0.15, 0.2) is 71.6 Å². The number of hydrogen-bond acceptors (Lipinski definition) is 5. The molecule has 0 saturated carbocycles. The Bertz CT molecular complexity index is 1220. The highest BCUT2D eigenvalue weighted by Gasteiger charge is 2.16. The van der Waals surface area contributed by atoms with Crippen molar-refractivity contribution in [3.8, 4) is 0 Å². The summed E-state index contributed by atoms with van der Waals surface area (Å²) >= 11 is 0. The Hall–Kier alpha value is -3.72. The Balaban J connectivity index is 1.74. The fourth-order valence-electron chi connectivity index (χ4n) is 2.81. The third kappa shape index (κ3) is 4.81. The molecule has 0 aromatic heterocycles. The number of anilines is 2. The fraction of sp³-hybridized carbons (Fsp3) is 0.0952. The van der Waals surface area contributed by atoms with Crippen molar-refractivity contribution in [2.24, 2.45) is 0 Å². The van der Waals surface area contributed by atoms with Gasteiger partial charge in [0.1, 0.15) is 0 Å². The number of carbonyl (C=O) groups excluding carboxylic acids is 1. The summed E-state index contributed by atoms with van der Waals surface area (Å²) < 4.78 is 27.8. The first-order valence-electron chi connectivity index (χ1n) is 8.92. The maximum absolute atomic E-state index is 12.6. The molecule has 0 atom stereocenters. The number of rotatable bonds is 6. The van der Waals surface area contributed by atoms with Crippen LogP contribution in [-0.4, -0.2) is 19.2 Å². The molecular weight excluding hydrogens is 406 g/mol. The first-order valence-corrected chi connectivity index (χ1v) is 10.4. The van der Waals surface area contributed by atoms with E-state index in [2.05, 4.69) is 10.0 Å². The summed E-state index contributed by atoms with van der Waals surface area (Å²) in [6, 6.07) is 16.4. The van der Waals surface area contributed by atoms with Crippen LogP contribution in [0.3, 0.4) is 0 Å². The van der Waals surface area contributed by atoms with E-state index in [1.807, 2.05) is 26.0 Å². The lowest BCUT2D eigenvalue weighted by molar-refractivity contribution is -0.384. The molecule has 0 aliphatic carbocycles. The van der Waals surface area contributed by atoms with Gasteiger partial charge >= 0.3 is 0 Å². The van der Waals surface area contributed by atoms with E-state index >= 15 is 0 Å². The number of nitro groups is 1. The minimum atomic E-state index is -3.80. The highest BCUT2D eigenvalue weighted by Crippen LogP contribution is 2.22. The minimum absolute atomic E-state index is 0.0378. The van der Waals surface area contributed by atoms with Gasteiger partial charge in [-0.15, -0.1) is 0 Å². The average molecular weight is 425 g/mol. The lowest BCUT2D eigenvalue weighted by Gasteiger charge is -2.12. The fourth-order valence-corrected chi connectivity index (χ4v) is 3.94. The van der Waals surface area contributed by atoms with Crippen LogP contribution in [0.4, 0.5) is 17.1 Å². The molecule has 0 aliphatic rings. The number of aryl methyl sites for hydroxylation is 2. The van der Waals surface area contributed by atoms with Gasteiger partial charge in [-0.05, 0) is 55.8 Å². The van der Waals surface area contributed by atoms with Crippen molar-refractivity contribution in [1.82, 2.24) is 0 Å². The van der Waals surface area contributed by atoms with E-state index in [0.717, 1.165) is 11.1 Å². The second-order valence-corrected chi connectivity index (χ2v) is 8.39. The molecule has 30 heavy (non-hydrogen) atoms. The predicted octanol–water partition coefficient (Wildman–Crippen LogP) is 4.26. The molecule has 0 saturated heterocycles. The predicted molar refractivity (Wildman–Crippen MR) is 114 cm³/mol. The zero-order chi connectivity index (χ0) is 21.9. The third-order valence-corrected chi connectivity index (χ3v) is 5.75. The summed E-state index contributed by atoms with van der Waals surface area (Å²) in [6.45, 7) is 3.74. The van der Waals surface area contributed by atoms with Crippen LogP contribution in [0, 0.1) is 24.0 Å². The van der Waals surface area contributed by atoms with E-state index in [-0.39, 0.29) is 16.1 Å². The van der Waals surface area contributed by atoms with E-state index in [4.69, 9.17) is 0 Å². The summed E-state index contributed by atoms with van der Waals surface area (Å²) in [5, 5.41) is 13.4. The summed E-state index contributed by atoms with van der Waals surface area (Å²) in [5.74, 6) is -0.539. The van der Waals surface area contributed by atoms with Crippen LogP contribution in [0.2, 0.25) is 0 Å². The number of nitrogens with zero attached hydrogens (tertiary/aromatic N) is 1. The summed E-state index contributed by atoms with van der Waals surface area (Å²) in [7, 11) is -3.80. The second kappa shape index (κ2) is 8.34. The molecule has 1 amide bonds. The maximum Gasteiger partial charge on any atom is 0.270 e. The lowest BCUT2D eigenvalue weighted by atomic mass is 10.1. The van der Waals surface area contributed by atoms with Crippen molar-refractivity contribution < 1.29 is 18.1 Å². The maximum atomic E-state index is 12.6. The first kappa shape index (κ1) is 21.0. The number of carbonyl (C=O) groups is 1. The van der Waals surface area contributed by atoms with Crippen LogP contribution < -0.4 is 10.0 Å². The molecule has 3 rings (SSSR count). The molecular formula is C21H19N3O5S. The Labute approximate surface area is 173 Å². The zero-order valence-electron chi connectivity index (χ0n) is 16.2. The second-order valence-electron chi connectivity index (χ2n) is 6.71. The van der Waals surface area contributed by atoms with Gasteiger partial charge < -0.3 is 5.32 Å². The smallest absolute Gasteiger partial charge is 0.270 e. The molecule has 0 aliphatic heterocycles. The Morgan fingerprint density at radius 2 is 1.67 bits per heavy atom. The van der Waals surface area contributed by atoms with Gasteiger partial charge in [-0.2, -0.15) is 0 Å².